The summed E-state index contributed by atoms with van der Waals surface area (Å²) in [4.78, 5) is 26.5. The molecular weight excluding hydrogens is 501 g/mol. The largest absolute Gasteiger partial charge is 0.543 e. The van der Waals surface area contributed by atoms with Crippen molar-refractivity contribution in [3.8, 4) is 0 Å². The van der Waals surface area contributed by atoms with Gasteiger partial charge in [-0.05, 0) is 48.5 Å². The maximum Gasteiger partial charge on any atom is 0.255 e. The van der Waals surface area contributed by atoms with Gasteiger partial charge in [-0.3, -0.25) is 4.79 Å². The van der Waals surface area contributed by atoms with E-state index in [0.717, 1.165) is 15.9 Å². The van der Waals surface area contributed by atoms with Gasteiger partial charge < -0.3 is 15.2 Å². The Kier molecular flexibility index (Phi) is 7.77. The summed E-state index contributed by atoms with van der Waals surface area (Å²) < 4.78 is 0. The number of rotatable bonds is 8. The van der Waals surface area contributed by atoms with E-state index in [0.29, 0.717) is 16.4 Å². The van der Waals surface area contributed by atoms with E-state index >= 15 is 0 Å². The van der Waals surface area contributed by atoms with Crippen molar-refractivity contribution < 1.29 is 14.7 Å². The maximum absolute atomic E-state index is 13.4. The Morgan fingerprint density at radius 1 is 0.487 bits per heavy atom. The highest BCUT2D eigenvalue weighted by atomic mass is 31.2. The minimum atomic E-state index is -2.90. The number of carbonyl (C=O) groups is 2. The zero-order chi connectivity index (χ0) is 27.1. The third kappa shape index (κ3) is 5.16. The van der Waals surface area contributed by atoms with Gasteiger partial charge in [-0.2, -0.15) is 0 Å². The predicted molar refractivity (Wildman–Crippen MR) is 157 cm³/mol. The summed E-state index contributed by atoms with van der Waals surface area (Å²) in [6, 6.07) is 47.7. The Bertz CT molecular complexity index is 1490. The summed E-state index contributed by atoms with van der Waals surface area (Å²) in [7, 11) is -2.90. The number of hydrogen-bond acceptors (Lipinski definition) is 3. The first kappa shape index (κ1) is 25.8. The van der Waals surface area contributed by atoms with Crippen LogP contribution in [0.15, 0.2) is 157 Å². The monoisotopic (exact) mass is 527 g/mol. The summed E-state index contributed by atoms with van der Waals surface area (Å²) in [5.74, 6) is -1.97. The zero-order valence-electron chi connectivity index (χ0n) is 21.1. The molecule has 1 N–H and O–H groups in total. The van der Waals surface area contributed by atoms with Crippen LogP contribution in [0.1, 0.15) is 15.9 Å². The second-order valence-corrected chi connectivity index (χ2v) is 12.2. The van der Waals surface area contributed by atoms with Gasteiger partial charge in [0, 0.05) is 11.1 Å². The average molecular weight is 528 g/mol. The van der Waals surface area contributed by atoms with Crippen molar-refractivity contribution in [3.63, 3.8) is 0 Å². The Labute approximate surface area is 228 Å². The third-order valence-corrected chi connectivity index (χ3v) is 10.9. The maximum atomic E-state index is 13.4. The van der Waals surface area contributed by atoms with Crippen molar-refractivity contribution in [1.29, 1.82) is 0 Å². The van der Waals surface area contributed by atoms with Gasteiger partial charge in [0.2, 0.25) is 0 Å². The molecule has 0 aromatic heterocycles. The number of carbonyl (C=O) groups excluding carboxylic acids is 2. The Balaban J connectivity index is 1.94. The minimum Gasteiger partial charge on any atom is -0.543 e. The topological polar surface area (TPSA) is 69.2 Å². The van der Waals surface area contributed by atoms with E-state index < -0.39 is 19.1 Å². The van der Waals surface area contributed by atoms with Crippen LogP contribution in [0.4, 0.5) is 0 Å². The van der Waals surface area contributed by atoms with Crippen LogP contribution >= 0.6 is 7.26 Å². The number of carboxylic acids is 1. The van der Waals surface area contributed by atoms with Gasteiger partial charge in [0.15, 0.2) is 0 Å². The van der Waals surface area contributed by atoms with Crippen molar-refractivity contribution in [3.05, 3.63) is 168 Å². The molecule has 0 heterocycles. The zero-order valence-corrected chi connectivity index (χ0v) is 22.0. The summed E-state index contributed by atoms with van der Waals surface area (Å²) in [5.41, 5.74) is 0.793. The number of aliphatic carboxylic acids is 1. The number of carboxylic acid groups (broad SMARTS) is 1. The molecule has 0 unspecified atom stereocenters. The Morgan fingerprint density at radius 3 is 1.18 bits per heavy atom. The fourth-order valence-corrected chi connectivity index (χ4v) is 9.42. The van der Waals surface area contributed by atoms with Crippen LogP contribution in [-0.4, -0.2) is 11.9 Å². The molecule has 0 aliphatic carbocycles. The van der Waals surface area contributed by atoms with Crippen LogP contribution in [0.2, 0.25) is 0 Å². The Morgan fingerprint density at radius 2 is 0.821 bits per heavy atom. The van der Waals surface area contributed by atoms with Gasteiger partial charge in [0.1, 0.15) is 34.2 Å². The first-order valence-electron chi connectivity index (χ1n) is 12.6. The first-order valence-corrected chi connectivity index (χ1v) is 14.3. The van der Waals surface area contributed by atoms with Crippen LogP contribution in [0, 0.1) is 0 Å². The minimum absolute atomic E-state index is 0.250. The van der Waals surface area contributed by atoms with E-state index in [2.05, 4.69) is 5.32 Å². The van der Waals surface area contributed by atoms with E-state index in [1.165, 1.54) is 0 Å². The second kappa shape index (κ2) is 11.7. The van der Waals surface area contributed by atoms with Gasteiger partial charge >= 0.3 is 0 Å². The molecule has 5 rings (SSSR count). The lowest BCUT2D eigenvalue weighted by Crippen LogP contribution is -2.40. The molecule has 0 saturated heterocycles. The van der Waals surface area contributed by atoms with Crippen molar-refractivity contribution >= 4 is 40.4 Å². The van der Waals surface area contributed by atoms with E-state index in [1.54, 1.807) is 30.3 Å². The van der Waals surface area contributed by atoms with Crippen LogP contribution in [0.5, 0.6) is 0 Å². The molecular formula is C34H26NO3P. The quantitative estimate of drug-likeness (QED) is 0.238. The molecule has 5 aromatic rings. The molecule has 4 nitrogen and oxygen atoms in total. The van der Waals surface area contributed by atoms with Crippen molar-refractivity contribution in [2.45, 2.75) is 0 Å². The third-order valence-electron chi connectivity index (χ3n) is 6.53. The average Bonchev–Trinajstić information content (AvgIpc) is 3.01. The van der Waals surface area contributed by atoms with E-state index in [-0.39, 0.29) is 5.70 Å². The standard InChI is InChI=1S/C34H26NO3P/c36-33(27-18-8-2-9-19-27)35-31(34(37)38)32(26-16-6-1-7-17-26)39(28-20-10-3-11-21-28,29-22-12-4-13-23-29)30-24-14-5-15-25-30/h1-25H,(H-,35,36,37,38)/b32-31-. The van der Waals surface area contributed by atoms with Crippen molar-refractivity contribution in [1.82, 2.24) is 5.32 Å². The van der Waals surface area contributed by atoms with Crippen LogP contribution in [-0.2, 0) is 4.79 Å². The molecule has 0 bridgehead atoms. The van der Waals surface area contributed by atoms with Crippen LogP contribution in [0.25, 0.3) is 5.31 Å². The highest BCUT2D eigenvalue weighted by molar-refractivity contribution is 8.03. The van der Waals surface area contributed by atoms with Gasteiger partial charge in [-0.1, -0.05) is 103 Å². The lowest BCUT2D eigenvalue weighted by molar-refractivity contribution is -0.299. The summed E-state index contributed by atoms with van der Waals surface area (Å²) >= 11 is 0. The second-order valence-electron chi connectivity index (χ2n) is 8.87. The fraction of sp³-hybridized carbons (Fsp3) is 0. The highest BCUT2D eigenvalue weighted by Gasteiger charge is 2.52. The lowest BCUT2D eigenvalue weighted by atomic mass is 10.1. The fourth-order valence-electron chi connectivity index (χ4n) is 4.87. The molecule has 0 aliphatic heterocycles. The summed E-state index contributed by atoms with van der Waals surface area (Å²) in [6.45, 7) is 0. The molecule has 5 aromatic carbocycles. The number of amides is 1. The number of nitrogens with one attached hydrogen (secondary N) is 1. The SMILES string of the molecule is O=C([O-])/C(NC(=O)c1ccccc1)=C(\c1ccccc1)[P+](c1ccccc1)(c1ccccc1)c1ccccc1. The normalized spacial score (nSPS) is 11.8. The molecule has 0 atom stereocenters. The van der Waals surface area contributed by atoms with Crippen molar-refractivity contribution in [2.24, 2.45) is 0 Å². The van der Waals surface area contributed by atoms with Gasteiger partial charge in [0.25, 0.3) is 5.91 Å². The lowest BCUT2D eigenvalue weighted by Gasteiger charge is -2.32. The Hall–Kier alpha value is -4.79. The molecule has 39 heavy (non-hydrogen) atoms. The van der Waals surface area contributed by atoms with E-state index in [9.17, 15) is 14.7 Å². The molecule has 5 heteroatoms. The van der Waals surface area contributed by atoms with Gasteiger partial charge in [0.05, 0.1) is 5.97 Å². The summed E-state index contributed by atoms with van der Waals surface area (Å²) in [6.07, 6.45) is 0. The first-order chi connectivity index (χ1) is 19.1. The van der Waals surface area contributed by atoms with Gasteiger partial charge in [-0.15, -0.1) is 0 Å². The van der Waals surface area contributed by atoms with Crippen LogP contribution in [0.3, 0.4) is 0 Å². The molecule has 0 saturated carbocycles. The molecule has 0 fully saturated rings. The number of benzene rings is 5. The number of hydrogen-bond donors (Lipinski definition) is 1. The highest BCUT2D eigenvalue weighted by Crippen LogP contribution is 2.67. The molecule has 1 amide bonds. The smallest absolute Gasteiger partial charge is 0.255 e. The predicted octanol–water partition coefficient (Wildman–Crippen LogP) is 4.53. The van der Waals surface area contributed by atoms with E-state index in [1.807, 2.05) is 121 Å². The van der Waals surface area contributed by atoms with Crippen molar-refractivity contribution in [2.75, 3.05) is 0 Å². The summed E-state index contributed by atoms with van der Waals surface area (Å²) in [5, 5.41) is 19.2. The van der Waals surface area contributed by atoms with E-state index in [4.69, 9.17) is 0 Å². The molecule has 0 aliphatic rings. The molecule has 190 valence electrons. The van der Waals surface area contributed by atoms with Crippen LogP contribution < -0.4 is 26.3 Å². The molecule has 0 radical (unpaired) electrons. The van der Waals surface area contributed by atoms with Gasteiger partial charge in [-0.25, -0.2) is 0 Å². The molecule has 0 spiro atoms.